The number of rotatable bonds is 13. The molecule has 2 unspecified atom stereocenters. The molecule has 2 N–H and O–H groups in total. The van der Waals surface area contributed by atoms with Crippen LogP contribution in [0.3, 0.4) is 0 Å². The van der Waals surface area contributed by atoms with Gasteiger partial charge < -0.3 is 9.64 Å². The first-order chi connectivity index (χ1) is 24.1. The minimum Gasteiger partial charge on any atom is -0.468 e. The molecule has 0 saturated heterocycles. The Morgan fingerprint density at radius 3 is 1.79 bits per heavy atom. The van der Waals surface area contributed by atoms with E-state index in [0.717, 1.165) is 29.8 Å². The van der Waals surface area contributed by atoms with Gasteiger partial charge >= 0.3 is 5.97 Å². The molecule has 4 aromatic rings. The molecule has 0 aliphatic heterocycles. The van der Waals surface area contributed by atoms with E-state index in [9.17, 15) is 26.4 Å². The number of aryl methyl sites for hydroxylation is 2. The number of hydrogen-bond acceptors (Lipinski definition) is 11. The van der Waals surface area contributed by atoms with Crippen LogP contribution in [0.5, 0.6) is 0 Å². The number of thiazole rings is 2. The summed E-state index contributed by atoms with van der Waals surface area (Å²) in [6, 6.07) is 4.53. The van der Waals surface area contributed by atoms with Crippen LogP contribution in [-0.2, 0) is 34.4 Å². The summed E-state index contributed by atoms with van der Waals surface area (Å²) in [6.07, 6.45) is 1.29. The van der Waals surface area contributed by atoms with E-state index in [1.54, 1.807) is 4.90 Å². The lowest BCUT2D eigenvalue weighted by atomic mass is 9.87. The van der Waals surface area contributed by atoms with Crippen molar-refractivity contribution < 1.29 is 31.2 Å². The number of carbonyl (C=O) groups is 2. The summed E-state index contributed by atoms with van der Waals surface area (Å²) in [6.45, 7) is 10.3. The highest BCUT2D eigenvalue weighted by Crippen LogP contribution is 2.45. The second kappa shape index (κ2) is 16.5. The van der Waals surface area contributed by atoms with Gasteiger partial charge in [0.2, 0.25) is 5.91 Å². The summed E-state index contributed by atoms with van der Waals surface area (Å²) in [7, 11) is -7.57. The van der Waals surface area contributed by atoms with Crippen LogP contribution >= 0.6 is 80.7 Å². The molecule has 1 amide bonds. The van der Waals surface area contributed by atoms with E-state index in [4.69, 9.17) is 62.7 Å². The van der Waals surface area contributed by atoms with Gasteiger partial charge in [-0.25, -0.2) is 26.8 Å². The first-order valence-electron chi connectivity index (χ1n) is 15.1. The maximum atomic E-state index is 14.6. The summed E-state index contributed by atoms with van der Waals surface area (Å²) < 4.78 is 63.8. The van der Waals surface area contributed by atoms with E-state index in [0.29, 0.717) is 0 Å². The smallest absolute Gasteiger partial charge is 0.315 e. The van der Waals surface area contributed by atoms with E-state index >= 15 is 0 Å². The normalized spacial score (nSPS) is 13.3. The summed E-state index contributed by atoms with van der Waals surface area (Å²) in [5.41, 5.74) is 0.501. The van der Waals surface area contributed by atoms with Gasteiger partial charge in [0, 0.05) is 38.1 Å². The molecule has 0 spiro atoms. The Morgan fingerprint density at radius 1 is 0.769 bits per heavy atom. The van der Waals surface area contributed by atoms with E-state index in [1.165, 1.54) is 44.3 Å². The van der Waals surface area contributed by atoms with Crippen molar-refractivity contribution in [3.63, 3.8) is 0 Å². The number of benzene rings is 2. The molecule has 4 rings (SSSR count). The highest BCUT2D eigenvalue weighted by Gasteiger charge is 2.44. The number of halogens is 5. The third kappa shape index (κ3) is 9.09. The van der Waals surface area contributed by atoms with E-state index in [1.807, 2.05) is 27.7 Å². The molecule has 2 aromatic carbocycles. The standard InChI is InChI=1S/C31H32Cl5N5O7S4/c1-13(2)41(14(3)4)28(42)23(22-12-37-30(49-22)39-51(44,45)26-15(5)8-17(32)9-19(26)34)24(29(43)48-7)25-16(6)38-31(50-25)40-52(46,47)27-20(35)10-18(33)11-21(27)36/h8-14,23-24H,1-7H3,(H,37,39)(H,38,40). The molecule has 2 heterocycles. The van der Waals surface area contributed by atoms with E-state index in [2.05, 4.69) is 19.4 Å². The summed E-state index contributed by atoms with van der Waals surface area (Å²) in [5.74, 6) is -4.04. The minimum atomic E-state index is -4.42. The van der Waals surface area contributed by atoms with Crippen molar-refractivity contribution in [2.45, 2.75) is 75.3 Å². The number of anilines is 2. The van der Waals surface area contributed by atoms with Gasteiger partial charge in [-0.1, -0.05) is 69.3 Å². The van der Waals surface area contributed by atoms with Crippen LogP contribution in [-0.4, -0.2) is 62.8 Å². The Bertz CT molecular complexity index is 2190. The number of nitrogens with zero attached hydrogens (tertiary/aromatic N) is 3. The third-order valence-electron chi connectivity index (χ3n) is 7.50. The number of ether oxygens (including phenoxy) is 1. The topological polar surface area (TPSA) is 165 Å². The van der Waals surface area contributed by atoms with Gasteiger partial charge in [0.15, 0.2) is 10.3 Å². The third-order valence-corrected chi connectivity index (χ3v) is 14.6. The van der Waals surface area contributed by atoms with Gasteiger partial charge in [-0.15, -0.1) is 11.3 Å². The molecule has 0 aliphatic rings. The molecule has 0 saturated carbocycles. The van der Waals surface area contributed by atoms with Gasteiger partial charge in [-0.3, -0.25) is 19.0 Å². The predicted molar refractivity (Wildman–Crippen MR) is 208 cm³/mol. The van der Waals surface area contributed by atoms with Crippen molar-refractivity contribution >= 4 is 123 Å². The highest BCUT2D eigenvalue weighted by atomic mass is 35.5. The van der Waals surface area contributed by atoms with Gasteiger partial charge in [-0.05, 0) is 71.4 Å². The van der Waals surface area contributed by atoms with E-state index < -0.39 is 48.7 Å². The molecule has 21 heteroatoms. The quantitative estimate of drug-likeness (QED) is 0.125. The number of carbonyl (C=O) groups excluding carboxylic acids is 2. The maximum absolute atomic E-state index is 14.6. The second-order valence-corrected chi connectivity index (χ2v) is 19.3. The number of amides is 1. The number of aromatic nitrogens is 2. The van der Waals surface area contributed by atoms with Crippen LogP contribution in [0.15, 0.2) is 40.3 Å². The van der Waals surface area contributed by atoms with Crippen molar-refractivity contribution in [1.82, 2.24) is 14.9 Å². The van der Waals surface area contributed by atoms with Crippen molar-refractivity contribution in [1.29, 1.82) is 0 Å². The Kier molecular flexibility index (Phi) is 13.5. The number of methoxy groups -OCH3 is 1. The lowest BCUT2D eigenvalue weighted by Crippen LogP contribution is -2.46. The Morgan fingerprint density at radius 2 is 1.27 bits per heavy atom. The summed E-state index contributed by atoms with van der Waals surface area (Å²) >= 11 is 32.3. The Labute approximate surface area is 334 Å². The van der Waals surface area contributed by atoms with Crippen molar-refractivity contribution in [2.24, 2.45) is 0 Å². The molecule has 0 aliphatic carbocycles. The zero-order chi connectivity index (χ0) is 39.0. The Hall–Kier alpha value is -2.41. The summed E-state index contributed by atoms with van der Waals surface area (Å²) in [4.78, 5) is 38.3. The predicted octanol–water partition coefficient (Wildman–Crippen LogP) is 8.77. The molecule has 52 heavy (non-hydrogen) atoms. The van der Waals surface area contributed by atoms with Gasteiger partial charge in [0.05, 0.1) is 33.8 Å². The van der Waals surface area contributed by atoms with Crippen molar-refractivity contribution in [3.8, 4) is 0 Å². The lowest BCUT2D eigenvalue weighted by molar-refractivity contribution is -0.148. The van der Waals surface area contributed by atoms with Gasteiger partial charge in [0.1, 0.15) is 15.7 Å². The van der Waals surface area contributed by atoms with Crippen LogP contribution < -0.4 is 9.44 Å². The van der Waals surface area contributed by atoms with Crippen molar-refractivity contribution in [2.75, 3.05) is 16.6 Å². The average molecular weight is 892 g/mol. The fraction of sp³-hybridized carbons (Fsp3) is 0.355. The highest BCUT2D eigenvalue weighted by molar-refractivity contribution is 7.93. The van der Waals surface area contributed by atoms with Gasteiger partial charge in [-0.2, -0.15) is 0 Å². The summed E-state index contributed by atoms with van der Waals surface area (Å²) in [5, 5.41) is -0.475. The van der Waals surface area contributed by atoms with Crippen LogP contribution in [0.1, 0.15) is 60.5 Å². The number of nitrogens with one attached hydrogen (secondary N) is 2. The fourth-order valence-corrected chi connectivity index (χ4v) is 12.8. The zero-order valence-corrected chi connectivity index (χ0v) is 35.5. The molecule has 12 nitrogen and oxygen atoms in total. The van der Waals surface area contributed by atoms with Crippen LogP contribution in [0.25, 0.3) is 0 Å². The monoisotopic (exact) mass is 889 g/mol. The van der Waals surface area contributed by atoms with Crippen LogP contribution in [0, 0.1) is 13.8 Å². The number of sulfonamides is 2. The zero-order valence-electron chi connectivity index (χ0n) is 28.4. The number of esters is 1. The number of hydrogen-bond donors (Lipinski definition) is 2. The van der Waals surface area contributed by atoms with Crippen LogP contribution in [0.2, 0.25) is 25.1 Å². The Balaban J connectivity index is 1.84. The molecular formula is C31H32Cl5N5O7S4. The fourth-order valence-electron chi connectivity index (χ4n) is 5.58. The molecular weight excluding hydrogens is 860 g/mol. The minimum absolute atomic E-state index is 0.106. The first-order valence-corrected chi connectivity index (χ1v) is 21.6. The van der Waals surface area contributed by atoms with Gasteiger partial charge in [0.25, 0.3) is 20.0 Å². The molecule has 282 valence electrons. The lowest BCUT2D eigenvalue weighted by Gasteiger charge is -2.35. The average Bonchev–Trinajstić information content (AvgIpc) is 3.57. The second-order valence-electron chi connectivity index (χ2n) is 11.9. The molecule has 0 radical (unpaired) electrons. The van der Waals surface area contributed by atoms with Crippen LogP contribution in [0.4, 0.5) is 10.3 Å². The maximum Gasteiger partial charge on any atom is 0.315 e. The van der Waals surface area contributed by atoms with Crippen molar-refractivity contribution in [3.05, 3.63) is 76.6 Å². The largest absolute Gasteiger partial charge is 0.468 e. The molecule has 0 bridgehead atoms. The van der Waals surface area contributed by atoms with E-state index in [-0.39, 0.29) is 73.4 Å². The molecule has 2 atom stereocenters. The SMILES string of the molecule is COC(=O)C(c1sc(NS(=O)(=O)c2c(Cl)cc(Cl)cc2Cl)nc1C)C(C(=O)N(C(C)C)C(C)C)c1cnc(NS(=O)(=O)c2c(C)cc(Cl)cc2Cl)s1. The molecule has 0 fully saturated rings. The molecule has 2 aromatic heterocycles. The first kappa shape index (κ1) is 42.3.